The van der Waals surface area contributed by atoms with Crippen LogP contribution in [-0.2, 0) is 0 Å². The highest BCUT2D eigenvalue weighted by Crippen LogP contribution is 2.30. The van der Waals surface area contributed by atoms with Gasteiger partial charge in [0.1, 0.15) is 5.75 Å². The van der Waals surface area contributed by atoms with Crippen molar-refractivity contribution >= 4 is 17.0 Å². The average Bonchev–Trinajstić information content (AvgIpc) is 3.43. The lowest BCUT2D eigenvalue weighted by Gasteiger charge is -2.10. The number of benzene rings is 4. The Hall–Kier alpha value is -5.37. The molecule has 0 aliphatic rings. The van der Waals surface area contributed by atoms with E-state index in [0.29, 0.717) is 17.3 Å². The van der Waals surface area contributed by atoms with Crippen molar-refractivity contribution in [3.05, 3.63) is 109 Å². The number of carboxylic acids is 1. The number of rotatable bonds is 7. The number of fused-ring (bicyclic) bond motifs is 1. The van der Waals surface area contributed by atoms with Gasteiger partial charge in [0.15, 0.2) is 11.6 Å². The molecule has 6 rings (SSSR count). The summed E-state index contributed by atoms with van der Waals surface area (Å²) in [5, 5.41) is 14.4. The van der Waals surface area contributed by atoms with E-state index >= 15 is 0 Å². The van der Waals surface area contributed by atoms with Crippen LogP contribution in [0.2, 0.25) is 0 Å². The molecule has 0 fully saturated rings. The Labute approximate surface area is 230 Å². The first-order valence-electron chi connectivity index (χ1n) is 12.8. The lowest BCUT2D eigenvalue weighted by molar-refractivity contribution is 0.0697. The van der Waals surface area contributed by atoms with Crippen molar-refractivity contribution in [2.75, 3.05) is 0 Å². The van der Waals surface area contributed by atoms with E-state index in [1.54, 1.807) is 35.3 Å². The minimum atomic E-state index is -1.01. The topological polar surface area (TPSA) is 103 Å². The molecule has 8 heteroatoms. The van der Waals surface area contributed by atoms with Crippen molar-refractivity contribution in [3.63, 3.8) is 0 Å². The summed E-state index contributed by atoms with van der Waals surface area (Å²) < 4.78 is 7.44. The van der Waals surface area contributed by atoms with Crippen LogP contribution in [-0.4, -0.2) is 41.9 Å². The van der Waals surface area contributed by atoms with Crippen molar-refractivity contribution in [2.45, 2.75) is 20.0 Å². The van der Waals surface area contributed by atoms with Gasteiger partial charge >= 0.3 is 5.97 Å². The van der Waals surface area contributed by atoms with Crippen molar-refractivity contribution in [1.82, 2.24) is 24.7 Å². The Morgan fingerprint density at radius 1 is 0.775 bits per heavy atom. The third-order valence-electron chi connectivity index (χ3n) is 6.37. The molecule has 0 radical (unpaired) electrons. The molecule has 0 atom stereocenters. The van der Waals surface area contributed by atoms with Gasteiger partial charge < -0.3 is 9.84 Å². The van der Waals surface area contributed by atoms with Crippen LogP contribution in [0.5, 0.6) is 5.75 Å². The van der Waals surface area contributed by atoms with Gasteiger partial charge in [0.25, 0.3) is 0 Å². The average molecular weight is 528 g/mol. The zero-order valence-corrected chi connectivity index (χ0v) is 21.9. The first-order chi connectivity index (χ1) is 19.4. The standard InChI is InChI=1S/C32H25N5O3/c1-20(2)40-27-13-10-22(11-14-27)21-6-8-23(9-7-21)31-35-30(24-12-15-28-29(19-24)34-17-16-33-28)36-37(31)26-5-3-4-25(18-26)32(38)39/h3-20H,1-2H3,(H,38,39). The second-order valence-electron chi connectivity index (χ2n) is 9.55. The van der Waals surface area contributed by atoms with Crippen LogP contribution in [0.15, 0.2) is 103 Å². The highest BCUT2D eigenvalue weighted by molar-refractivity contribution is 5.88. The smallest absolute Gasteiger partial charge is 0.335 e. The molecule has 1 N–H and O–H groups in total. The minimum Gasteiger partial charge on any atom is -0.491 e. The molecular weight excluding hydrogens is 502 g/mol. The van der Waals surface area contributed by atoms with Crippen LogP contribution in [0.4, 0.5) is 0 Å². The first-order valence-corrected chi connectivity index (χ1v) is 12.8. The fourth-order valence-corrected chi connectivity index (χ4v) is 4.48. The fourth-order valence-electron chi connectivity index (χ4n) is 4.48. The van der Waals surface area contributed by atoms with Gasteiger partial charge in [-0.05, 0) is 73.5 Å². The third kappa shape index (κ3) is 5.02. The van der Waals surface area contributed by atoms with E-state index < -0.39 is 5.97 Å². The number of ether oxygens (including phenoxy) is 1. The van der Waals surface area contributed by atoms with Crippen LogP contribution in [0.1, 0.15) is 24.2 Å². The summed E-state index contributed by atoms with van der Waals surface area (Å²) in [4.78, 5) is 25.3. The number of carbonyl (C=O) groups is 1. The van der Waals surface area contributed by atoms with Crippen molar-refractivity contribution in [3.8, 4) is 45.3 Å². The van der Waals surface area contributed by atoms with Crippen LogP contribution in [0.3, 0.4) is 0 Å². The maximum Gasteiger partial charge on any atom is 0.335 e. The number of hydrogen-bond donors (Lipinski definition) is 1. The van der Waals surface area contributed by atoms with E-state index in [4.69, 9.17) is 14.8 Å². The van der Waals surface area contributed by atoms with E-state index in [-0.39, 0.29) is 11.7 Å². The number of hydrogen-bond acceptors (Lipinski definition) is 6. The molecule has 196 valence electrons. The Kier molecular flexibility index (Phi) is 6.49. The molecule has 0 aliphatic carbocycles. The number of carboxylic acid groups (broad SMARTS) is 1. The van der Waals surface area contributed by atoms with Crippen molar-refractivity contribution in [1.29, 1.82) is 0 Å². The normalized spacial score (nSPS) is 11.2. The maximum absolute atomic E-state index is 11.7. The molecule has 0 aliphatic heterocycles. The maximum atomic E-state index is 11.7. The highest BCUT2D eigenvalue weighted by Gasteiger charge is 2.17. The summed E-state index contributed by atoms with van der Waals surface area (Å²) in [6.07, 6.45) is 3.42. The number of nitrogens with zero attached hydrogens (tertiary/aromatic N) is 5. The van der Waals surface area contributed by atoms with E-state index in [1.807, 2.05) is 86.6 Å². The van der Waals surface area contributed by atoms with E-state index in [2.05, 4.69) is 9.97 Å². The zero-order chi connectivity index (χ0) is 27.6. The second-order valence-corrected chi connectivity index (χ2v) is 9.55. The summed E-state index contributed by atoms with van der Waals surface area (Å²) >= 11 is 0. The van der Waals surface area contributed by atoms with Gasteiger partial charge in [-0.1, -0.05) is 42.5 Å². The van der Waals surface area contributed by atoms with Gasteiger partial charge in [0, 0.05) is 23.5 Å². The predicted molar refractivity (Wildman–Crippen MR) is 153 cm³/mol. The van der Waals surface area contributed by atoms with Gasteiger partial charge in [-0.2, -0.15) is 0 Å². The molecular formula is C32H25N5O3. The highest BCUT2D eigenvalue weighted by atomic mass is 16.5. The molecule has 6 aromatic rings. The first kappa shape index (κ1) is 24.9. The van der Waals surface area contributed by atoms with Crippen molar-refractivity contribution < 1.29 is 14.6 Å². The lowest BCUT2D eigenvalue weighted by atomic mass is 10.0. The molecule has 8 nitrogen and oxygen atoms in total. The lowest BCUT2D eigenvalue weighted by Crippen LogP contribution is -2.05. The van der Waals surface area contributed by atoms with Crippen LogP contribution in [0, 0.1) is 0 Å². The van der Waals surface area contributed by atoms with Gasteiger partial charge in [-0.3, -0.25) is 9.97 Å². The third-order valence-corrected chi connectivity index (χ3v) is 6.37. The second kappa shape index (κ2) is 10.4. The Bertz CT molecular complexity index is 1830. The molecule has 2 aromatic heterocycles. The molecule has 0 saturated heterocycles. The van der Waals surface area contributed by atoms with E-state index in [0.717, 1.165) is 39.0 Å². The Morgan fingerprint density at radius 3 is 2.12 bits per heavy atom. The van der Waals surface area contributed by atoms with Gasteiger partial charge in [0.05, 0.1) is 28.4 Å². The van der Waals surface area contributed by atoms with Crippen LogP contribution < -0.4 is 4.74 Å². The largest absolute Gasteiger partial charge is 0.491 e. The number of aromatic carboxylic acids is 1. The molecule has 0 unspecified atom stereocenters. The summed E-state index contributed by atoms with van der Waals surface area (Å²) in [5.41, 5.74) is 6.01. The molecule has 2 heterocycles. The molecule has 0 amide bonds. The number of aromatic nitrogens is 5. The summed E-state index contributed by atoms with van der Waals surface area (Å²) in [7, 11) is 0. The molecule has 0 bridgehead atoms. The molecule has 0 spiro atoms. The summed E-state index contributed by atoms with van der Waals surface area (Å²) in [6.45, 7) is 4.01. The van der Waals surface area contributed by atoms with Gasteiger partial charge in [-0.25, -0.2) is 14.5 Å². The van der Waals surface area contributed by atoms with Crippen molar-refractivity contribution in [2.24, 2.45) is 0 Å². The zero-order valence-electron chi connectivity index (χ0n) is 21.9. The summed E-state index contributed by atoms with van der Waals surface area (Å²) in [6, 6.07) is 28.4. The Balaban J connectivity index is 1.41. The minimum absolute atomic E-state index is 0.117. The van der Waals surface area contributed by atoms with E-state index in [1.165, 1.54) is 0 Å². The Morgan fingerprint density at radius 2 is 1.43 bits per heavy atom. The fraction of sp³-hybridized carbons (Fsp3) is 0.0938. The van der Waals surface area contributed by atoms with Gasteiger partial charge in [-0.15, -0.1) is 5.10 Å². The van der Waals surface area contributed by atoms with Gasteiger partial charge in [0.2, 0.25) is 0 Å². The monoisotopic (exact) mass is 527 g/mol. The van der Waals surface area contributed by atoms with E-state index in [9.17, 15) is 9.90 Å². The van der Waals surface area contributed by atoms with Crippen LogP contribution >= 0.6 is 0 Å². The molecule has 4 aromatic carbocycles. The SMILES string of the molecule is CC(C)Oc1ccc(-c2ccc(-c3nc(-c4ccc5nccnc5c4)nn3-c3cccc(C(=O)O)c3)cc2)cc1. The molecule has 0 saturated carbocycles. The van der Waals surface area contributed by atoms with Crippen LogP contribution in [0.25, 0.3) is 50.6 Å². The molecule has 40 heavy (non-hydrogen) atoms. The quantitative estimate of drug-likeness (QED) is 0.246. The summed E-state index contributed by atoms with van der Waals surface area (Å²) in [5.74, 6) is 0.905. The predicted octanol–water partition coefficient (Wildman–Crippen LogP) is 6.70.